The molecule has 0 aromatic heterocycles. The smallest absolute Gasteiger partial charge is 0.236 e. The lowest BCUT2D eigenvalue weighted by Crippen LogP contribution is -2.77. The summed E-state index contributed by atoms with van der Waals surface area (Å²) in [5, 5.41) is 46.2. The molecule has 0 saturated carbocycles. The number of hydrogen-bond donors (Lipinski definition) is 4. The van der Waals surface area contributed by atoms with Crippen molar-refractivity contribution in [2.75, 3.05) is 19.8 Å². The molecule has 0 aromatic carbocycles. The zero-order valence-corrected chi connectivity index (χ0v) is 18.3. The maximum absolute atomic E-state index is 13.6. The van der Waals surface area contributed by atoms with Crippen LogP contribution in [-0.2, 0) is 28.7 Å². The van der Waals surface area contributed by atoms with Gasteiger partial charge in [0.05, 0.1) is 18.8 Å². The minimum absolute atomic E-state index is 0.328. The van der Waals surface area contributed by atoms with Gasteiger partial charge in [0, 0.05) is 23.8 Å². The molecular weight excluding hydrogens is 466 g/mol. The first-order valence-corrected chi connectivity index (χ1v) is 10.6. The maximum Gasteiger partial charge on any atom is 0.236 e. The number of aliphatic hydroxyl groups is 4. The number of Topliss-reactive ketones (excluding diaryl/α,β-unsaturated/α-hetero) is 2. The van der Waals surface area contributed by atoms with Crippen LogP contribution in [0.2, 0.25) is 0 Å². The van der Waals surface area contributed by atoms with Crippen LogP contribution < -0.4 is 0 Å². The summed E-state index contributed by atoms with van der Waals surface area (Å²) in [6.07, 6.45) is 1.89. The molecule has 4 N–H and O–H groups in total. The van der Waals surface area contributed by atoms with Crippen molar-refractivity contribution in [3.8, 4) is 0 Å². The second-order valence-electron chi connectivity index (χ2n) is 8.02. The van der Waals surface area contributed by atoms with E-state index in [1.165, 1.54) is 24.3 Å². The Labute approximate surface area is 198 Å². The summed E-state index contributed by atoms with van der Waals surface area (Å²) >= 11 is 0. The highest BCUT2D eigenvalue weighted by Gasteiger charge is 2.69. The number of carbonyl (C=O) groups excluding carboxylic acids is 4. The van der Waals surface area contributed by atoms with Crippen molar-refractivity contribution in [1.82, 2.24) is 0 Å². The van der Waals surface area contributed by atoms with Crippen molar-refractivity contribution >= 4 is 23.1 Å². The van der Waals surface area contributed by atoms with Gasteiger partial charge in [-0.25, -0.2) is 0 Å². The molecule has 0 aromatic rings. The van der Waals surface area contributed by atoms with Crippen molar-refractivity contribution in [2.24, 2.45) is 11.0 Å². The first-order valence-electron chi connectivity index (χ1n) is 10.6. The van der Waals surface area contributed by atoms with E-state index in [0.717, 1.165) is 18.2 Å². The molecular formula is C22H23N3O10. The molecule has 0 spiro atoms. The lowest BCUT2D eigenvalue weighted by atomic mass is 9.70. The van der Waals surface area contributed by atoms with Crippen molar-refractivity contribution in [3.05, 3.63) is 58.5 Å². The second kappa shape index (κ2) is 10.5. The second-order valence-corrected chi connectivity index (χ2v) is 8.02. The lowest BCUT2D eigenvalue weighted by Gasteiger charge is -2.54. The van der Waals surface area contributed by atoms with Gasteiger partial charge in [0.2, 0.25) is 28.7 Å². The largest absolute Gasteiger partial charge is 0.394 e. The molecule has 0 amide bonds. The highest BCUT2D eigenvalue weighted by atomic mass is 16.7. The Kier molecular flexibility index (Phi) is 7.93. The van der Waals surface area contributed by atoms with Crippen LogP contribution in [0.3, 0.4) is 0 Å². The number of ether oxygens (including phenoxy) is 2. The SMILES string of the molecule is [N-]=[N+]=NCCO[C@]1(CC2C=CC=CC2=O)O[C@H](CO)[C@@H](O)[C@H](O)[C@]1(O)C(=O)C1=CC=CC(=O)C1=O. The van der Waals surface area contributed by atoms with Crippen LogP contribution in [0.5, 0.6) is 0 Å². The van der Waals surface area contributed by atoms with Crippen molar-refractivity contribution < 1.29 is 49.1 Å². The predicted octanol–water partition coefficient (Wildman–Crippen LogP) is -1.24. The van der Waals surface area contributed by atoms with Gasteiger partial charge in [-0.3, -0.25) is 19.2 Å². The molecule has 186 valence electrons. The Hall–Kier alpha value is -3.29. The summed E-state index contributed by atoms with van der Waals surface area (Å²) in [6, 6.07) is 0. The normalized spacial score (nSPS) is 34.5. The molecule has 1 heterocycles. The number of ketones is 4. The van der Waals surface area contributed by atoms with Gasteiger partial charge in [0.1, 0.15) is 18.3 Å². The van der Waals surface area contributed by atoms with Crippen LogP contribution in [0.1, 0.15) is 6.42 Å². The maximum atomic E-state index is 13.6. The van der Waals surface area contributed by atoms with Crippen LogP contribution in [0, 0.1) is 5.92 Å². The van der Waals surface area contributed by atoms with Crippen LogP contribution >= 0.6 is 0 Å². The Bertz CT molecular complexity index is 1090. The van der Waals surface area contributed by atoms with E-state index in [2.05, 4.69) is 10.0 Å². The third-order valence-electron chi connectivity index (χ3n) is 5.96. The van der Waals surface area contributed by atoms with Crippen LogP contribution in [-0.4, -0.2) is 93.0 Å². The fraction of sp³-hybridized carbons (Fsp3) is 0.455. The van der Waals surface area contributed by atoms with E-state index in [-0.39, 0.29) is 6.54 Å². The van der Waals surface area contributed by atoms with Gasteiger partial charge in [-0.1, -0.05) is 29.4 Å². The van der Waals surface area contributed by atoms with Crippen LogP contribution in [0.15, 0.2) is 53.2 Å². The van der Waals surface area contributed by atoms with E-state index < -0.39 is 84.0 Å². The topological polar surface area (TPSA) is 216 Å². The van der Waals surface area contributed by atoms with Crippen molar-refractivity contribution in [2.45, 2.75) is 36.1 Å². The molecule has 1 aliphatic heterocycles. The first kappa shape index (κ1) is 26.3. The number of nitrogens with zero attached hydrogens (tertiary/aromatic N) is 3. The fourth-order valence-corrected chi connectivity index (χ4v) is 4.16. The highest BCUT2D eigenvalue weighted by molar-refractivity contribution is 6.54. The summed E-state index contributed by atoms with van der Waals surface area (Å²) in [7, 11) is 0. The van der Waals surface area contributed by atoms with Crippen LogP contribution in [0.25, 0.3) is 10.4 Å². The van der Waals surface area contributed by atoms with Crippen LogP contribution in [0.4, 0.5) is 0 Å². The summed E-state index contributed by atoms with van der Waals surface area (Å²) in [5.74, 6) is -8.02. The fourth-order valence-electron chi connectivity index (χ4n) is 4.16. The first-order chi connectivity index (χ1) is 16.6. The number of aliphatic hydroxyl groups excluding tert-OH is 3. The number of carbonyl (C=O) groups is 4. The van der Waals surface area contributed by atoms with Gasteiger partial charge in [0.25, 0.3) is 0 Å². The van der Waals surface area contributed by atoms with Gasteiger partial charge in [-0.15, -0.1) is 0 Å². The Morgan fingerprint density at radius 3 is 2.60 bits per heavy atom. The van der Waals surface area contributed by atoms with Gasteiger partial charge in [-0.05, 0) is 23.8 Å². The number of azide groups is 1. The monoisotopic (exact) mass is 489 g/mol. The van der Waals surface area contributed by atoms with Gasteiger partial charge in [-0.2, -0.15) is 0 Å². The van der Waals surface area contributed by atoms with E-state index in [4.69, 9.17) is 15.0 Å². The Balaban J connectivity index is 2.17. The van der Waals surface area contributed by atoms with Gasteiger partial charge in [0.15, 0.2) is 5.78 Å². The number of rotatable bonds is 9. The molecule has 6 atom stereocenters. The third-order valence-corrected chi connectivity index (χ3v) is 5.96. The molecule has 1 unspecified atom stereocenters. The summed E-state index contributed by atoms with van der Waals surface area (Å²) in [5.41, 5.74) is 4.50. The molecule has 3 rings (SSSR count). The average molecular weight is 489 g/mol. The standard InChI is InChI=1S/C22H23N3O10/c23-25-24-8-9-34-21(10-12-4-1-2-6-14(12)27)22(33,20(32)18(30)16(11-26)35-21)19(31)13-5-3-7-15(28)17(13)29/h1-7,12,16,18,20,26,30,32-33H,8-11H2/t12?,16-,18-,20+,21-,22-/m1/s1. The zero-order chi connectivity index (χ0) is 25.8. The molecule has 0 radical (unpaired) electrons. The quantitative estimate of drug-likeness (QED) is 0.0574. The van der Waals surface area contributed by atoms with E-state index in [9.17, 15) is 39.6 Å². The van der Waals surface area contributed by atoms with Crippen molar-refractivity contribution in [1.29, 1.82) is 0 Å². The highest BCUT2D eigenvalue weighted by Crippen LogP contribution is 2.46. The van der Waals surface area contributed by atoms with Crippen molar-refractivity contribution in [3.63, 3.8) is 0 Å². The summed E-state index contributed by atoms with van der Waals surface area (Å²) in [4.78, 5) is 52.9. The molecule has 13 heteroatoms. The van der Waals surface area contributed by atoms with E-state index in [1.807, 2.05) is 0 Å². The average Bonchev–Trinajstić information content (AvgIpc) is 2.85. The lowest BCUT2D eigenvalue weighted by molar-refractivity contribution is -0.391. The van der Waals surface area contributed by atoms with E-state index in [0.29, 0.717) is 0 Å². The Morgan fingerprint density at radius 1 is 1.20 bits per heavy atom. The minimum Gasteiger partial charge on any atom is -0.394 e. The van der Waals surface area contributed by atoms with Gasteiger partial charge < -0.3 is 29.9 Å². The molecule has 35 heavy (non-hydrogen) atoms. The molecule has 2 aliphatic carbocycles. The summed E-state index contributed by atoms with van der Waals surface area (Å²) < 4.78 is 11.4. The third kappa shape index (κ3) is 4.66. The van der Waals surface area contributed by atoms with E-state index in [1.54, 1.807) is 0 Å². The minimum atomic E-state index is -3.24. The molecule has 13 nitrogen and oxygen atoms in total. The molecule has 1 saturated heterocycles. The molecule has 1 fully saturated rings. The van der Waals surface area contributed by atoms with Gasteiger partial charge >= 0.3 is 0 Å². The predicted molar refractivity (Wildman–Crippen MR) is 115 cm³/mol. The summed E-state index contributed by atoms with van der Waals surface area (Å²) in [6.45, 7) is -1.71. The number of allylic oxidation sites excluding steroid dienone is 7. The Morgan fingerprint density at radius 2 is 1.94 bits per heavy atom. The molecule has 3 aliphatic rings. The number of hydrogen-bond acceptors (Lipinski definition) is 11. The molecule has 0 bridgehead atoms. The van der Waals surface area contributed by atoms with E-state index >= 15 is 0 Å². The zero-order valence-electron chi connectivity index (χ0n) is 18.3.